The maximum atomic E-state index is 12.1. The van der Waals surface area contributed by atoms with Crippen LogP contribution in [0.4, 0.5) is 4.79 Å². The van der Waals surface area contributed by atoms with Crippen LogP contribution in [-0.2, 0) is 4.74 Å². The van der Waals surface area contributed by atoms with Crippen molar-refractivity contribution < 1.29 is 18.7 Å². The fourth-order valence-electron chi connectivity index (χ4n) is 2.49. The first-order valence-corrected chi connectivity index (χ1v) is 8.83. The van der Waals surface area contributed by atoms with Crippen molar-refractivity contribution in [2.75, 3.05) is 19.7 Å². The third-order valence-electron chi connectivity index (χ3n) is 3.82. The van der Waals surface area contributed by atoms with E-state index in [0.717, 1.165) is 25.7 Å². The molecule has 0 saturated carbocycles. The summed E-state index contributed by atoms with van der Waals surface area (Å²) in [6.07, 6.45) is 3.09. The van der Waals surface area contributed by atoms with Crippen LogP contribution in [0.15, 0.2) is 39.5 Å². The fraction of sp³-hybridized carbons (Fsp3) is 0.421. The highest BCUT2D eigenvalue weighted by atomic mass is 16.5. The maximum Gasteiger partial charge on any atom is 0.407 e. The molecule has 0 aliphatic rings. The van der Waals surface area contributed by atoms with E-state index in [1.165, 1.54) is 0 Å². The van der Waals surface area contributed by atoms with Crippen LogP contribution in [0.2, 0.25) is 0 Å². The summed E-state index contributed by atoms with van der Waals surface area (Å²) in [6, 6.07) is 8.63. The topological polar surface area (TPSA) is 97.6 Å². The van der Waals surface area contributed by atoms with Gasteiger partial charge in [0.1, 0.15) is 11.1 Å². The van der Waals surface area contributed by atoms with E-state index in [2.05, 4.69) is 10.6 Å². The number of carbonyl (C=O) groups excluding carboxylic acids is 2. The number of alkyl carbamates (subject to hydrolysis) is 1. The van der Waals surface area contributed by atoms with Gasteiger partial charge in [-0.25, -0.2) is 9.59 Å². The molecule has 0 spiro atoms. The standard InChI is InChI=1S/C19H24N2O5/c1-2-25-19(24)21-12-8-4-3-7-11-20-17(22)15-13-14-9-5-6-10-16(14)26-18(15)23/h5-6,9-10,13H,2-4,7-8,11-12H2,1H3,(H,20,22)(H,21,24). The number of para-hydroxylation sites is 1. The molecule has 0 fully saturated rings. The van der Waals surface area contributed by atoms with Crippen LogP contribution in [0.25, 0.3) is 11.0 Å². The van der Waals surface area contributed by atoms with Crippen molar-refractivity contribution in [3.05, 3.63) is 46.3 Å². The number of hydrogen-bond donors (Lipinski definition) is 2. The second kappa shape index (κ2) is 10.2. The van der Waals surface area contributed by atoms with Crippen molar-refractivity contribution in [2.24, 2.45) is 0 Å². The Morgan fingerprint density at radius 3 is 2.46 bits per heavy atom. The Balaban J connectivity index is 1.67. The van der Waals surface area contributed by atoms with Gasteiger partial charge in [0.2, 0.25) is 0 Å². The van der Waals surface area contributed by atoms with E-state index in [9.17, 15) is 14.4 Å². The van der Waals surface area contributed by atoms with E-state index < -0.39 is 17.6 Å². The van der Waals surface area contributed by atoms with Gasteiger partial charge in [0.15, 0.2) is 0 Å². The molecule has 2 aromatic rings. The summed E-state index contributed by atoms with van der Waals surface area (Å²) in [6.45, 7) is 3.18. The molecule has 0 radical (unpaired) electrons. The molecule has 1 aromatic carbocycles. The minimum absolute atomic E-state index is 0.0161. The Morgan fingerprint density at radius 1 is 1.04 bits per heavy atom. The molecule has 26 heavy (non-hydrogen) atoms. The molecule has 0 bridgehead atoms. The minimum Gasteiger partial charge on any atom is -0.450 e. The number of fused-ring (bicyclic) bond motifs is 1. The van der Waals surface area contributed by atoms with Gasteiger partial charge in [-0.15, -0.1) is 0 Å². The van der Waals surface area contributed by atoms with Gasteiger partial charge in [-0.05, 0) is 31.9 Å². The maximum absolute atomic E-state index is 12.1. The van der Waals surface area contributed by atoms with Crippen molar-refractivity contribution in [3.63, 3.8) is 0 Å². The van der Waals surface area contributed by atoms with Gasteiger partial charge < -0.3 is 19.8 Å². The van der Waals surface area contributed by atoms with E-state index in [1.807, 2.05) is 6.07 Å². The van der Waals surface area contributed by atoms with Crippen LogP contribution in [0.5, 0.6) is 0 Å². The van der Waals surface area contributed by atoms with Gasteiger partial charge in [0.25, 0.3) is 5.91 Å². The third kappa shape index (κ3) is 5.91. The second-order valence-corrected chi connectivity index (χ2v) is 5.80. The Morgan fingerprint density at radius 2 is 1.73 bits per heavy atom. The van der Waals surface area contributed by atoms with Crippen LogP contribution in [0, 0.1) is 0 Å². The van der Waals surface area contributed by atoms with Crippen molar-refractivity contribution in [1.82, 2.24) is 10.6 Å². The molecule has 0 unspecified atom stereocenters. The van der Waals surface area contributed by atoms with Gasteiger partial charge in [-0.3, -0.25) is 4.79 Å². The molecule has 0 saturated heterocycles. The number of unbranched alkanes of at least 4 members (excludes halogenated alkanes) is 3. The van der Waals surface area contributed by atoms with E-state index in [1.54, 1.807) is 31.2 Å². The third-order valence-corrected chi connectivity index (χ3v) is 3.82. The van der Waals surface area contributed by atoms with Crippen molar-refractivity contribution in [3.8, 4) is 0 Å². The summed E-state index contributed by atoms with van der Waals surface area (Å²) >= 11 is 0. The van der Waals surface area contributed by atoms with Crippen LogP contribution in [-0.4, -0.2) is 31.7 Å². The number of carbonyl (C=O) groups is 2. The zero-order chi connectivity index (χ0) is 18.8. The van der Waals surface area contributed by atoms with Crippen LogP contribution in [0.3, 0.4) is 0 Å². The van der Waals surface area contributed by atoms with Gasteiger partial charge in [0, 0.05) is 18.5 Å². The largest absolute Gasteiger partial charge is 0.450 e. The average molecular weight is 360 g/mol. The van der Waals surface area contributed by atoms with Crippen molar-refractivity contribution >= 4 is 23.0 Å². The van der Waals surface area contributed by atoms with Crippen LogP contribution in [0.1, 0.15) is 43.0 Å². The van der Waals surface area contributed by atoms with E-state index in [4.69, 9.17) is 9.15 Å². The van der Waals surface area contributed by atoms with E-state index in [0.29, 0.717) is 30.7 Å². The predicted molar refractivity (Wildman–Crippen MR) is 98.3 cm³/mol. The molecule has 2 amide bonds. The monoisotopic (exact) mass is 360 g/mol. The van der Waals surface area contributed by atoms with Gasteiger partial charge >= 0.3 is 11.7 Å². The van der Waals surface area contributed by atoms with Gasteiger partial charge in [-0.1, -0.05) is 31.0 Å². The lowest BCUT2D eigenvalue weighted by atomic mass is 10.1. The number of rotatable bonds is 9. The molecule has 0 aliphatic heterocycles. The van der Waals surface area contributed by atoms with E-state index >= 15 is 0 Å². The molecule has 2 N–H and O–H groups in total. The summed E-state index contributed by atoms with van der Waals surface area (Å²) in [5.74, 6) is -0.423. The van der Waals surface area contributed by atoms with E-state index in [-0.39, 0.29) is 5.56 Å². The molecule has 0 atom stereocenters. The lowest BCUT2D eigenvalue weighted by Crippen LogP contribution is -2.29. The average Bonchev–Trinajstić information content (AvgIpc) is 2.63. The van der Waals surface area contributed by atoms with Crippen molar-refractivity contribution in [2.45, 2.75) is 32.6 Å². The quantitative estimate of drug-likeness (QED) is 0.529. The molecule has 1 heterocycles. The van der Waals surface area contributed by atoms with Crippen LogP contribution >= 0.6 is 0 Å². The lowest BCUT2D eigenvalue weighted by Gasteiger charge is -2.06. The number of ether oxygens (including phenoxy) is 1. The molecule has 140 valence electrons. The zero-order valence-corrected chi connectivity index (χ0v) is 14.9. The van der Waals surface area contributed by atoms with Crippen molar-refractivity contribution in [1.29, 1.82) is 0 Å². The first-order valence-electron chi connectivity index (χ1n) is 8.83. The SMILES string of the molecule is CCOC(=O)NCCCCCCNC(=O)c1cc2ccccc2oc1=O. The molecular formula is C19H24N2O5. The van der Waals surface area contributed by atoms with Gasteiger partial charge in [0.05, 0.1) is 6.61 Å². The van der Waals surface area contributed by atoms with Crippen LogP contribution < -0.4 is 16.3 Å². The summed E-state index contributed by atoms with van der Waals surface area (Å²) < 4.78 is 9.92. The first kappa shape index (κ1) is 19.5. The molecule has 2 rings (SSSR count). The summed E-state index contributed by atoms with van der Waals surface area (Å²) in [4.78, 5) is 35.1. The number of benzene rings is 1. The fourth-order valence-corrected chi connectivity index (χ4v) is 2.49. The lowest BCUT2D eigenvalue weighted by molar-refractivity contribution is 0.0949. The summed E-state index contributed by atoms with van der Waals surface area (Å²) in [5, 5.41) is 6.11. The highest BCUT2D eigenvalue weighted by Gasteiger charge is 2.12. The summed E-state index contributed by atoms with van der Waals surface area (Å²) in [5.41, 5.74) is -0.154. The predicted octanol–water partition coefficient (Wildman–Crippen LogP) is 2.83. The first-order chi connectivity index (χ1) is 12.6. The number of hydrogen-bond acceptors (Lipinski definition) is 5. The Labute approximate surface area is 151 Å². The zero-order valence-electron chi connectivity index (χ0n) is 14.9. The molecule has 1 aromatic heterocycles. The molecule has 0 aliphatic carbocycles. The number of amides is 2. The Bertz CT molecular complexity index is 800. The minimum atomic E-state index is -0.633. The Kier molecular flexibility index (Phi) is 7.67. The smallest absolute Gasteiger partial charge is 0.407 e. The highest BCUT2D eigenvalue weighted by Crippen LogP contribution is 2.12. The summed E-state index contributed by atoms with van der Waals surface area (Å²) in [7, 11) is 0. The molecular weight excluding hydrogens is 336 g/mol. The Hall–Kier alpha value is -2.83. The molecule has 7 heteroatoms. The number of nitrogens with one attached hydrogen (secondary N) is 2. The normalized spacial score (nSPS) is 10.5. The highest BCUT2D eigenvalue weighted by molar-refractivity contribution is 5.96. The molecule has 7 nitrogen and oxygen atoms in total. The van der Waals surface area contributed by atoms with Gasteiger partial charge in [-0.2, -0.15) is 0 Å². The second-order valence-electron chi connectivity index (χ2n) is 5.80.